The average molecular weight is 288 g/mol. The number of sulfonamides is 1. The summed E-state index contributed by atoms with van der Waals surface area (Å²) in [6.45, 7) is 7.76. The van der Waals surface area contributed by atoms with Gasteiger partial charge in [0.1, 0.15) is 4.21 Å². The van der Waals surface area contributed by atoms with Gasteiger partial charge in [-0.1, -0.05) is 13.8 Å². The predicted molar refractivity (Wildman–Crippen MR) is 74.0 cm³/mol. The van der Waals surface area contributed by atoms with Crippen molar-refractivity contribution in [1.29, 1.82) is 0 Å². The Morgan fingerprint density at radius 1 is 1.39 bits per heavy atom. The number of rotatable bonds is 3. The maximum absolute atomic E-state index is 12.5. The highest BCUT2D eigenvalue weighted by atomic mass is 32.2. The second kappa shape index (κ2) is 4.92. The molecule has 2 N–H and O–H groups in total. The molecule has 6 heteroatoms. The Balaban J connectivity index is 2.31. The third-order valence-electron chi connectivity index (χ3n) is 3.73. The standard InChI is InChI=1S/C12H20N2O2S2/c1-8-4-12(17-11(8)5-13)18(15,16)14-6-9(2)10(3)7-14/h4,9-10H,5-7,13H2,1-3H3. The molecule has 0 bridgehead atoms. The molecule has 18 heavy (non-hydrogen) atoms. The maximum Gasteiger partial charge on any atom is 0.252 e. The number of hydrogen-bond donors (Lipinski definition) is 1. The summed E-state index contributed by atoms with van der Waals surface area (Å²) in [6, 6.07) is 1.75. The van der Waals surface area contributed by atoms with E-state index in [-0.39, 0.29) is 0 Å². The average Bonchev–Trinajstić information content (AvgIpc) is 2.84. The van der Waals surface area contributed by atoms with Crippen molar-refractivity contribution in [2.45, 2.75) is 31.5 Å². The van der Waals surface area contributed by atoms with E-state index in [0.717, 1.165) is 10.4 Å². The number of hydrogen-bond acceptors (Lipinski definition) is 4. The highest BCUT2D eigenvalue weighted by Crippen LogP contribution is 2.32. The SMILES string of the molecule is Cc1cc(S(=O)(=O)N2CC(C)C(C)C2)sc1CN. The van der Waals surface area contributed by atoms with Crippen LogP contribution in [0.3, 0.4) is 0 Å². The van der Waals surface area contributed by atoms with Gasteiger partial charge in [-0.25, -0.2) is 8.42 Å². The van der Waals surface area contributed by atoms with Gasteiger partial charge in [0, 0.05) is 24.5 Å². The van der Waals surface area contributed by atoms with Crippen molar-refractivity contribution in [2.24, 2.45) is 17.6 Å². The summed E-state index contributed by atoms with van der Waals surface area (Å²) in [5, 5.41) is 0. The van der Waals surface area contributed by atoms with Crippen LogP contribution in [0.5, 0.6) is 0 Å². The molecule has 1 aromatic rings. The molecule has 0 saturated carbocycles. The van der Waals surface area contributed by atoms with Crippen LogP contribution in [-0.4, -0.2) is 25.8 Å². The van der Waals surface area contributed by atoms with Crippen molar-refractivity contribution in [2.75, 3.05) is 13.1 Å². The van der Waals surface area contributed by atoms with Gasteiger partial charge in [0.05, 0.1) is 0 Å². The number of nitrogens with two attached hydrogens (primary N) is 1. The van der Waals surface area contributed by atoms with Crippen LogP contribution in [0, 0.1) is 18.8 Å². The molecule has 0 aromatic carbocycles. The Morgan fingerprint density at radius 2 is 1.94 bits per heavy atom. The highest BCUT2D eigenvalue weighted by Gasteiger charge is 2.35. The topological polar surface area (TPSA) is 63.4 Å². The first kappa shape index (κ1) is 14.0. The highest BCUT2D eigenvalue weighted by molar-refractivity contribution is 7.91. The van der Waals surface area contributed by atoms with Gasteiger partial charge in [-0.05, 0) is 30.4 Å². The molecule has 1 aromatic heterocycles. The first-order valence-electron chi connectivity index (χ1n) is 6.15. The quantitative estimate of drug-likeness (QED) is 0.922. The van der Waals surface area contributed by atoms with Crippen LogP contribution in [0.1, 0.15) is 24.3 Å². The molecule has 102 valence electrons. The Morgan fingerprint density at radius 3 is 2.39 bits per heavy atom. The van der Waals surface area contributed by atoms with Crippen molar-refractivity contribution < 1.29 is 8.42 Å². The molecule has 1 fully saturated rings. The van der Waals surface area contributed by atoms with E-state index in [9.17, 15) is 8.42 Å². The molecular weight excluding hydrogens is 268 g/mol. The van der Waals surface area contributed by atoms with E-state index in [1.165, 1.54) is 11.3 Å². The van der Waals surface area contributed by atoms with Gasteiger partial charge in [0.2, 0.25) is 0 Å². The minimum Gasteiger partial charge on any atom is -0.326 e. The Hall–Kier alpha value is -0.430. The van der Waals surface area contributed by atoms with Gasteiger partial charge >= 0.3 is 0 Å². The van der Waals surface area contributed by atoms with Gasteiger partial charge in [-0.3, -0.25) is 0 Å². The molecule has 0 aliphatic carbocycles. The molecule has 1 aliphatic rings. The molecule has 1 saturated heterocycles. The fourth-order valence-corrected chi connectivity index (χ4v) is 5.48. The summed E-state index contributed by atoms with van der Waals surface area (Å²) >= 11 is 1.30. The lowest BCUT2D eigenvalue weighted by Crippen LogP contribution is -2.28. The molecule has 2 atom stereocenters. The van der Waals surface area contributed by atoms with Crippen molar-refractivity contribution in [1.82, 2.24) is 4.31 Å². The fraction of sp³-hybridized carbons (Fsp3) is 0.667. The van der Waals surface area contributed by atoms with E-state index in [2.05, 4.69) is 13.8 Å². The molecule has 2 heterocycles. The zero-order chi connectivity index (χ0) is 13.5. The van der Waals surface area contributed by atoms with E-state index in [0.29, 0.717) is 35.7 Å². The largest absolute Gasteiger partial charge is 0.326 e. The van der Waals surface area contributed by atoms with Crippen LogP contribution in [0.25, 0.3) is 0 Å². The van der Waals surface area contributed by atoms with E-state index in [4.69, 9.17) is 5.73 Å². The van der Waals surface area contributed by atoms with Crippen LogP contribution in [0.4, 0.5) is 0 Å². The van der Waals surface area contributed by atoms with Gasteiger partial charge in [-0.15, -0.1) is 11.3 Å². The lowest BCUT2D eigenvalue weighted by molar-refractivity contribution is 0.465. The second-order valence-corrected chi connectivity index (χ2v) is 8.45. The minimum atomic E-state index is -3.32. The van der Waals surface area contributed by atoms with Gasteiger partial charge in [0.25, 0.3) is 10.0 Å². The molecular formula is C12H20N2O2S2. The van der Waals surface area contributed by atoms with Gasteiger partial charge in [-0.2, -0.15) is 4.31 Å². The van der Waals surface area contributed by atoms with Crippen molar-refractivity contribution in [3.05, 3.63) is 16.5 Å². The second-order valence-electron chi connectivity index (χ2n) is 5.15. The summed E-state index contributed by atoms with van der Waals surface area (Å²) < 4.78 is 27.0. The molecule has 0 spiro atoms. The third kappa shape index (κ3) is 2.34. The van der Waals surface area contributed by atoms with Crippen LogP contribution >= 0.6 is 11.3 Å². The first-order valence-corrected chi connectivity index (χ1v) is 8.41. The van der Waals surface area contributed by atoms with Crippen molar-refractivity contribution >= 4 is 21.4 Å². The minimum absolute atomic E-state index is 0.402. The number of thiophene rings is 1. The summed E-state index contributed by atoms with van der Waals surface area (Å²) in [5.41, 5.74) is 6.58. The summed E-state index contributed by atoms with van der Waals surface area (Å²) in [7, 11) is -3.32. The zero-order valence-corrected chi connectivity index (χ0v) is 12.6. The molecule has 1 aliphatic heterocycles. The van der Waals surface area contributed by atoms with E-state index in [1.54, 1.807) is 10.4 Å². The molecule has 0 amide bonds. The maximum atomic E-state index is 12.5. The lowest BCUT2D eigenvalue weighted by Gasteiger charge is -2.14. The summed E-state index contributed by atoms with van der Waals surface area (Å²) in [4.78, 5) is 0.953. The van der Waals surface area contributed by atoms with E-state index in [1.807, 2.05) is 6.92 Å². The fourth-order valence-electron chi connectivity index (χ4n) is 2.22. The number of nitrogens with zero attached hydrogens (tertiary/aromatic N) is 1. The Kier molecular flexibility index (Phi) is 3.82. The summed E-state index contributed by atoms with van der Waals surface area (Å²) in [6.07, 6.45) is 0. The molecule has 4 nitrogen and oxygen atoms in total. The van der Waals surface area contributed by atoms with E-state index >= 15 is 0 Å². The van der Waals surface area contributed by atoms with E-state index < -0.39 is 10.0 Å². The van der Waals surface area contributed by atoms with Gasteiger partial charge < -0.3 is 5.73 Å². The number of aryl methyl sites for hydroxylation is 1. The van der Waals surface area contributed by atoms with Crippen LogP contribution in [0.15, 0.2) is 10.3 Å². The monoisotopic (exact) mass is 288 g/mol. The molecule has 2 unspecified atom stereocenters. The first-order chi connectivity index (χ1) is 8.36. The predicted octanol–water partition coefficient (Wildman–Crippen LogP) is 1.79. The van der Waals surface area contributed by atoms with Crippen LogP contribution in [0.2, 0.25) is 0 Å². The van der Waals surface area contributed by atoms with Crippen molar-refractivity contribution in [3.8, 4) is 0 Å². The Labute approximate surface area is 113 Å². The van der Waals surface area contributed by atoms with Crippen LogP contribution < -0.4 is 5.73 Å². The smallest absolute Gasteiger partial charge is 0.252 e. The molecule has 2 rings (SSSR count). The zero-order valence-electron chi connectivity index (χ0n) is 11.0. The van der Waals surface area contributed by atoms with Crippen molar-refractivity contribution in [3.63, 3.8) is 0 Å². The Bertz CT molecular complexity index is 526. The van der Waals surface area contributed by atoms with Crippen LogP contribution in [-0.2, 0) is 16.6 Å². The normalized spacial score (nSPS) is 25.8. The third-order valence-corrected chi connectivity index (χ3v) is 7.27. The van der Waals surface area contributed by atoms with Gasteiger partial charge in [0.15, 0.2) is 0 Å². The lowest BCUT2D eigenvalue weighted by atomic mass is 10.0. The molecule has 0 radical (unpaired) electrons. The summed E-state index contributed by atoms with van der Waals surface area (Å²) in [5.74, 6) is 0.852.